The van der Waals surface area contributed by atoms with E-state index in [1.54, 1.807) is 6.92 Å². The van der Waals surface area contributed by atoms with Gasteiger partial charge in [-0.3, -0.25) is 4.79 Å². The fourth-order valence-electron chi connectivity index (χ4n) is 0.481. The Morgan fingerprint density at radius 3 is 2.60 bits per heavy atom. The fourth-order valence-corrected chi connectivity index (χ4v) is 0.481. The van der Waals surface area contributed by atoms with Crippen molar-refractivity contribution in [1.82, 2.24) is 0 Å². The van der Waals surface area contributed by atoms with Crippen molar-refractivity contribution in [2.45, 2.75) is 31.9 Å². The Morgan fingerprint density at radius 2 is 2.50 bits per heavy atom. The van der Waals surface area contributed by atoms with Crippen LogP contribution in [-0.4, -0.2) is 29.3 Å². The smallest absolute Gasteiger partial charge is 0.323 e. The second-order valence-corrected chi connectivity index (χ2v) is 2.48. The molecule has 0 radical (unpaired) electrons. The van der Waals surface area contributed by atoms with Crippen LogP contribution in [0.3, 0.4) is 0 Å². The first-order chi connectivity index (χ1) is 4.98. The number of carboxylic acids is 1. The Kier molecular flexibility index (Phi) is 2.24. The van der Waals surface area contributed by atoms with Crippen molar-refractivity contribution in [3.63, 3.8) is 0 Å². The minimum atomic E-state index is -1.15. The number of carbonyl (C=O) groups is 1. The third-order valence-electron chi connectivity index (χ3n) is 1.63. The Balaban J connectivity index is 4.36. The van der Waals surface area contributed by atoms with E-state index in [1.165, 1.54) is 6.92 Å². The number of carboxylic acid groups (broad SMARTS) is 1. The van der Waals surface area contributed by atoms with Crippen LogP contribution >= 0.6 is 0 Å². The quantitative estimate of drug-likeness (QED) is 0.504. The zero-order valence-corrected chi connectivity index (χ0v) is 6.13. The monoisotopic (exact) mass is 148 g/mol. The zero-order valence-electron chi connectivity index (χ0n) is 7.13. The van der Waals surface area contributed by atoms with Crippen LogP contribution in [0.4, 0.5) is 0 Å². The lowest BCUT2D eigenvalue weighted by Crippen LogP contribution is -2.50. The molecule has 0 saturated heterocycles. The summed E-state index contributed by atoms with van der Waals surface area (Å²) in [5.74, 6) is -1.15. The van der Waals surface area contributed by atoms with Gasteiger partial charge in [-0.15, -0.1) is 0 Å². The number of hydrogen-bond acceptors (Lipinski definition) is 3. The number of rotatable bonds is 4. The zero-order chi connectivity index (χ0) is 9.07. The van der Waals surface area contributed by atoms with Gasteiger partial charge in [0.2, 0.25) is 1.43 Å². The molecular formula is C6H13NO3. The van der Waals surface area contributed by atoms with E-state index in [9.17, 15) is 4.79 Å². The van der Waals surface area contributed by atoms with E-state index in [0.717, 1.165) is 0 Å². The topological polar surface area (TPSA) is 83.5 Å². The maximum absolute atomic E-state index is 10.4. The Morgan fingerprint density at radius 1 is 2.00 bits per heavy atom. The molecule has 0 rings (SSSR count). The van der Waals surface area contributed by atoms with Crippen LogP contribution in [0.2, 0.25) is 0 Å². The molecular weight excluding hydrogens is 134 g/mol. The lowest BCUT2D eigenvalue weighted by atomic mass is 9.95. The van der Waals surface area contributed by atoms with E-state index in [0.29, 0.717) is 6.42 Å². The number of nitrogens with two attached hydrogens (primary N) is 1. The summed E-state index contributed by atoms with van der Waals surface area (Å²) in [5, 5.41) is 12.7. The molecule has 0 aliphatic carbocycles. The molecule has 0 amide bonds. The van der Waals surface area contributed by atoms with Crippen molar-refractivity contribution >= 4 is 5.97 Å². The second kappa shape index (κ2) is 2.98. The van der Waals surface area contributed by atoms with Crippen LogP contribution in [0.5, 0.6) is 0 Å². The minimum absolute atomic E-state index is 0.393. The molecule has 0 aliphatic heterocycles. The number of hydrogen-bond donors (Lipinski definition) is 3. The second-order valence-electron chi connectivity index (χ2n) is 2.48. The highest BCUT2D eigenvalue weighted by molar-refractivity contribution is 5.74. The molecule has 10 heavy (non-hydrogen) atoms. The molecule has 60 valence electrons. The van der Waals surface area contributed by atoms with E-state index in [2.05, 4.69) is 5.11 Å². The van der Waals surface area contributed by atoms with Crippen LogP contribution in [0.25, 0.3) is 0 Å². The molecule has 0 aliphatic rings. The first kappa shape index (κ1) is 7.50. The molecule has 4 N–H and O–H groups in total. The van der Waals surface area contributed by atoms with Crippen molar-refractivity contribution in [3.8, 4) is 0 Å². The number of aliphatic carboxylic acids is 1. The summed E-state index contributed by atoms with van der Waals surface area (Å²) in [4.78, 5) is 10.4. The standard InChI is InChI=1S/C6H13NO3/c1-3-6(2,10)4(7)5(8)9/h4,10H,3,7H2,1-2H3,(H,8,9)/t4-,6-/m1/s1/i10D. The summed E-state index contributed by atoms with van der Waals surface area (Å²) in [6, 6.07) is -1.15. The summed E-state index contributed by atoms with van der Waals surface area (Å²) < 4.78 is 6.64. The lowest BCUT2D eigenvalue weighted by molar-refractivity contribution is -0.144. The van der Waals surface area contributed by atoms with Gasteiger partial charge in [0.1, 0.15) is 6.04 Å². The van der Waals surface area contributed by atoms with Gasteiger partial charge in [0.15, 0.2) is 0 Å². The van der Waals surface area contributed by atoms with Gasteiger partial charge < -0.3 is 15.9 Å². The van der Waals surface area contributed by atoms with Gasteiger partial charge in [-0.05, 0) is 13.3 Å². The van der Waals surface area contributed by atoms with E-state index in [-0.39, 0.29) is 0 Å². The first-order valence-corrected chi connectivity index (χ1v) is 3.10. The molecule has 2 atom stereocenters. The number of aliphatic hydroxyl groups is 1. The van der Waals surface area contributed by atoms with Gasteiger partial charge in [0.05, 0.1) is 5.60 Å². The fraction of sp³-hybridized carbons (Fsp3) is 0.833. The van der Waals surface area contributed by atoms with E-state index in [4.69, 9.17) is 12.3 Å². The van der Waals surface area contributed by atoms with Crippen LogP contribution < -0.4 is 5.73 Å². The molecule has 0 bridgehead atoms. The molecule has 0 heterocycles. The Hall–Kier alpha value is -0.610. The summed E-state index contributed by atoms with van der Waals surface area (Å²) >= 11 is 0. The molecule has 0 aromatic heterocycles. The Bertz CT molecular complexity index is 147. The van der Waals surface area contributed by atoms with Gasteiger partial charge in [-0.25, -0.2) is 0 Å². The van der Waals surface area contributed by atoms with Crippen LogP contribution in [0.15, 0.2) is 0 Å². The third-order valence-corrected chi connectivity index (χ3v) is 1.63. The lowest BCUT2D eigenvalue weighted by Gasteiger charge is -2.24. The summed E-state index contributed by atoms with van der Waals surface area (Å²) in [6.45, 7) is 3.22. The van der Waals surface area contributed by atoms with E-state index in [1.807, 2.05) is 0 Å². The predicted octanol–water partition coefficient (Wildman–Crippen LogP) is -0.441. The average Bonchev–Trinajstić information content (AvgIpc) is 2.01. The molecule has 0 unspecified atom stereocenters. The summed E-state index contributed by atoms with van der Waals surface area (Å²) in [7, 11) is 0. The highest BCUT2D eigenvalue weighted by Gasteiger charge is 2.32. The van der Waals surface area contributed by atoms with Crippen LogP contribution in [0, 0.1) is 0 Å². The molecule has 0 aromatic carbocycles. The van der Waals surface area contributed by atoms with Crippen LogP contribution in [-0.2, 0) is 4.79 Å². The van der Waals surface area contributed by atoms with Crippen molar-refractivity contribution in [3.05, 3.63) is 0 Å². The van der Waals surface area contributed by atoms with Crippen molar-refractivity contribution < 1.29 is 15.0 Å². The van der Waals surface area contributed by atoms with Gasteiger partial charge in [-0.2, -0.15) is 0 Å². The van der Waals surface area contributed by atoms with E-state index < -0.39 is 17.6 Å². The molecule has 4 nitrogen and oxygen atoms in total. The normalized spacial score (nSPS) is 20.9. The Labute approximate surface area is 61.1 Å². The predicted molar refractivity (Wildman–Crippen MR) is 36.5 cm³/mol. The molecule has 0 saturated carbocycles. The highest BCUT2D eigenvalue weighted by atomic mass is 16.4. The van der Waals surface area contributed by atoms with Gasteiger partial charge in [-0.1, -0.05) is 6.92 Å². The third kappa shape index (κ3) is 1.97. The van der Waals surface area contributed by atoms with E-state index >= 15 is 0 Å². The summed E-state index contributed by atoms with van der Waals surface area (Å²) in [6.07, 6.45) is 0.393. The SMILES string of the molecule is [2H]O[C@](C)(CC)[C@H](N)C(=O)O. The van der Waals surface area contributed by atoms with Crippen molar-refractivity contribution in [2.75, 3.05) is 0 Å². The largest absolute Gasteiger partial charge is 0.480 e. The molecule has 4 heteroatoms. The van der Waals surface area contributed by atoms with Crippen molar-refractivity contribution in [2.24, 2.45) is 5.73 Å². The summed E-state index contributed by atoms with van der Waals surface area (Å²) in [5.41, 5.74) is 4.18. The van der Waals surface area contributed by atoms with Gasteiger partial charge in [0, 0.05) is 0 Å². The maximum Gasteiger partial charge on any atom is 0.323 e. The molecule has 0 spiro atoms. The maximum atomic E-state index is 10.4. The highest BCUT2D eigenvalue weighted by Crippen LogP contribution is 2.11. The first-order valence-electron chi connectivity index (χ1n) is 3.51. The molecule has 0 fully saturated rings. The average molecular weight is 148 g/mol. The van der Waals surface area contributed by atoms with Gasteiger partial charge >= 0.3 is 5.97 Å². The van der Waals surface area contributed by atoms with Crippen molar-refractivity contribution in [1.29, 1.82) is 1.43 Å². The van der Waals surface area contributed by atoms with Gasteiger partial charge in [0.25, 0.3) is 0 Å². The minimum Gasteiger partial charge on any atom is -0.480 e. The molecule has 0 aromatic rings. The van der Waals surface area contributed by atoms with Crippen LogP contribution in [0.1, 0.15) is 20.3 Å².